The van der Waals surface area contributed by atoms with Crippen molar-refractivity contribution < 1.29 is 9.59 Å². The van der Waals surface area contributed by atoms with Crippen LogP contribution in [-0.2, 0) is 16.0 Å². The van der Waals surface area contributed by atoms with E-state index in [4.69, 9.17) is 0 Å². The van der Waals surface area contributed by atoms with Crippen LogP contribution in [0.3, 0.4) is 0 Å². The first-order chi connectivity index (χ1) is 7.70. The van der Waals surface area contributed by atoms with Crippen molar-refractivity contribution >= 4 is 11.8 Å². The zero-order chi connectivity index (χ0) is 11.5. The van der Waals surface area contributed by atoms with Gasteiger partial charge in [0, 0.05) is 6.54 Å². The van der Waals surface area contributed by atoms with Crippen LogP contribution in [0.15, 0.2) is 24.3 Å². The number of hydrogen-bond donors (Lipinski definition) is 2. The van der Waals surface area contributed by atoms with Crippen molar-refractivity contribution in [3.63, 3.8) is 0 Å². The molecule has 0 bridgehead atoms. The van der Waals surface area contributed by atoms with Crippen molar-refractivity contribution in [1.82, 2.24) is 10.6 Å². The fourth-order valence-electron chi connectivity index (χ4n) is 1.74. The van der Waals surface area contributed by atoms with Crippen LogP contribution >= 0.6 is 0 Å². The van der Waals surface area contributed by atoms with Gasteiger partial charge in [-0.3, -0.25) is 9.59 Å². The fourth-order valence-corrected chi connectivity index (χ4v) is 1.74. The third-order valence-electron chi connectivity index (χ3n) is 2.77. The average Bonchev–Trinajstić information content (AvgIpc) is 2.33. The summed E-state index contributed by atoms with van der Waals surface area (Å²) in [5.74, 6) is -1.11. The van der Waals surface area contributed by atoms with Gasteiger partial charge in [-0.2, -0.15) is 0 Å². The molecule has 1 saturated heterocycles. The van der Waals surface area contributed by atoms with Gasteiger partial charge in [-0.1, -0.05) is 31.2 Å². The summed E-state index contributed by atoms with van der Waals surface area (Å²) in [5.41, 5.74) is 2.28. The van der Waals surface area contributed by atoms with Crippen molar-refractivity contribution in [3.8, 4) is 0 Å². The maximum atomic E-state index is 11.2. The predicted molar refractivity (Wildman–Crippen MR) is 59.7 cm³/mol. The Balaban J connectivity index is 2.12. The van der Waals surface area contributed by atoms with Crippen LogP contribution in [0.25, 0.3) is 0 Å². The number of aryl methyl sites for hydroxylation is 1. The topological polar surface area (TPSA) is 58.2 Å². The lowest BCUT2D eigenvalue weighted by Crippen LogP contribution is -2.51. The number of benzene rings is 1. The molecule has 0 saturated carbocycles. The van der Waals surface area contributed by atoms with E-state index in [1.165, 1.54) is 5.56 Å². The van der Waals surface area contributed by atoms with Crippen molar-refractivity contribution in [1.29, 1.82) is 0 Å². The third-order valence-corrected chi connectivity index (χ3v) is 2.77. The summed E-state index contributed by atoms with van der Waals surface area (Å²) in [4.78, 5) is 22.1. The first-order valence-corrected chi connectivity index (χ1v) is 5.38. The maximum absolute atomic E-state index is 11.2. The molecule has 2 N–H and O–H groups in total. The maximum Gasteiger partial charge on any atom is 0.309 e. The second kappa shape index (κ2) is 4.35. The molecule has 84 valence electrons. The van der Waals surface area contributed by atoms with Crippen LogP contribution in [0, 0.1) is 0 Å². The smallest absolute Gasteiger partial charge is 0.309 e. The second-order valence-electron chi connectivity index (χ2n) is 3.83. The van der Waals surface area contributed by atoms with E-state index >= 15 is 0 Å². The van der Waals surface area contributed by atoms with Gasteiger partial charge in [0.2, 0.25) is 0 Å². The lowest BCUT2D eigenvalue weighted by atomic mass is 10.0. The molecule has 0 radical (unpaired) electrons. The minimum atomic E-state index is -0.559. The Kier molecular flexibility index (Phi) is 2.90. The number of carbonyl (C=O) groups is 2. The van der Waals surface area contributed by atoms with Gasteiger partial charge in [0.05, 0.1) is 6.04 Å². The minimum Gasteiger partial charge on any atom is -0.345 e. The van der Waals surface area contributed by atoms with Crippen LogP contribution in [0.1, 0.15) is 24.1 Å². The number of amides is 2. The van der Waals surface area contributed by atoms with E-state index < -0.39 is 11.8 Å². The highest BCUT2D eigenvalue weighted by Crippen LogP contribution is 2.15. The quantitative estimate of drug-likeness (QED) is 0.712. The monoisotopic (exact) mass is 218 g/mol. The molecule has 1 aliphatic heterocycles. The van der Waals surface area contributed by atoms with Crippen molar-refractivity contribution in [2.24, 2.45) is 0 Å². The number of carbonyl (C=O) groups excluding carboxylic acids is 2. The first kappa shape index (κ1) is 10.7. The van der Waals surface area contributed by atoms with E-state index in [1.807, 2.05) is 24.3 Å². The molecule has 1 unspecified atom stereocenters. The van der Waals surface area contributed by atoms with Crippen LogP contribution < -0.4 is 10.6 Å². The SMILES string of the molecule is CCc1ccc(C2CNC(=O)C(=O)N2)cc1. The summed E-state index contributed by atoms with van der Waals surface area (Å²) in [6.07, 6.45) is 0.994. The number of piperazine rings is 1. The zero-order valence-corrected chi connectivity index (χ0v) is 9.12. The van der Waals surface area contributed by atoms with Crippen molar-refractivity contribution in [2.75, 3.05) is 6.54 Å². The summed E-state index contributed by atoms with van der Waals surface area (Å²) in [6, 6.07) is 7.94. The molecule has 1 heterocycles. The lowest BCUT2D eigenvalue weighted by molar-refractivity contribution is -0.141. The van der Waals surface area contributed by atoms with E-state index in [0.29, 0.717) is 6.54 Å². The Hall–Kier alpha value is -1.84. The molecule has 0 aromatic heterocycles. The highest BCUT2D eigenvalue weighted by atomic mass is 16.2. The molecule has 2 amide bonds. The van der Waals surface area contributed by atoms with E-state index in [9.17, 15) is 9.59 Å². The van der Waals surface area contributed by atoms with Crippen LogP contribution in [0.5, 0.6) is 0 Å². The highest BCUT2D eigenvalue weighted by molar-refractivity contribution is 6.35. The second-order valence-corrected chi connectivity index (χ2v) is 3.83. The summed E-state index contributed by atoms with van der Waals surface area (Å²) in [7, 11) is 0. The highest BCUT2D eigenvalue weighted by Gasteiger charge is 2.25. The largest absolute Gasteiger partial charge is 0.345 e. The molecule has 1 aromatic rings. The molecule has 1 aliphatic rings. The van der Waals surface area contributed by atoms with Gasteiger partial charge in [-0.15, -0.1) is 0 Å². The first-order valence-electron chi connectivity index (χ1n) is 5.38. The molecular formula is C12H14N2O2. The van der Waals surface area contributed by atoms with Gasteiger partial charge in [0.1, 0.15) is 0 Å². The molecule has 0 aliphatic carbocycles. The lowest BCUT2D eigenvalue weighted by Gasteiger charge is -2.23. The Labute approximate surface area is 94.0 Å². The molecule has 4 heteroatoms. The molecule has 2 rings (SSSR count). The van der Waals surface area contributed by atoms with Crippen molar-refractivity contribution in [3.05, 3.63) is 35.4 Å². The third kappa shape index (κ3) is 2.05. The van der Waals surface area contributed by atoms with E-state index in [-0.39, 0.29) is 6.04 Å². The molecular weight excluding hydrogens is 204 g/mol. The van der Waals surface area contributed by atoms with E-state index in [1.54, 1.807) is 0 Å². The van der Waals surface area contributed by atoms with Gasteiger partial charge in [-0.25, -0.2) is 0 Å². The van der Waals surface area contributed by atoms with Gasteiger partial charge in [0.25, 0.3) is 0 Å². The van der Waals surface area contributed by atoms with Gasteiger partial charge < -0.3 is 10.6 Å². The van der Waals surface area contributed by atoms with Gasteiger partial charge in [-0.05, 0) is 17.5 Å². The average molecular weight is 218 g/mol. The Morgan fingerprint density at radius 3 is 2.44 bits per heavy atom. The standard InChI is InChI=1S/C12H14N2O2/c1-2-8-3-5-9(6-4-8)10-7-13-11(15)12(16)14-10/h3-6,10H,2,7H2,1H3,(H,13,15)(H,14,16). The molecule has 4 nitrogen and oxygen atoms in total. The van der Waals surface area contributed by atoms with Crippen LogP contribution in [-0.4, -0.2) is 18.4 Å². The molecule has 1 fully saturated rings. The van der Waals surface area contributed by atoms with Crippen LogP contribution in [0.4, 0.5) is 0 Å². The minimum absolute atomic E-state index is 0.115. The number of hydrogen-bond acceptors (Lipinski definition) is 2. The summed E-state index contributed by atoms with van der Waals surface area (Å²) >= 11 is 0. The molecule has 1 aromatic carbocycles. The van der Waals surface area contributed by atoms with Gasteiger partial charge in [0.15, 0.2) is 0 Å². The molecule has 16 heavy (non-hydrogen) atoms. The van der Waals surface area contributed by atoms with E-state index in [0.717, 1.165) is 12.0 Å². The summed E-state index contributed by atoms with van der Waals surface area (Å²) in [5, 5.41) is 5.23. The fraction of sp³-hybridized carbons (Fsp3) is 0.333. The summed E-state index contributed by atoms with van der Waals surface area (Å²) < 4.78 is 0. The Morgan fingerprint density at radius 1 is 1.19 bits per heavy atom. The normalized spacial score (nSPS) is 20.2. The zero-order valence-electron chi connectivity index (χ0n) is 9.12. The Morgan fingerprint density at radius 2 is 1.88 bits per heavy atom. The number of rotatable bonds is 2. The Bertz CT molecular complexity index is 412. The van der Waals surface area contributed by atoms with Gasteiger partial charge >= 0.3 is 11.8 Å². The summed E-state index contributed by atoms with van der Waals surface area (Å²) in [6.45, 7) is 2.55. The van der Waals surface area contributed by atoms with Crippen LogP contribution in [0.2, 0.25) is 0 Å². The number of nitrogens with one attached hydrogen (secondary N) is 2. The van der Waals surface area contributed by atoms with E-state index in [2.05, 4.69) is 17.6 Å². The molecule has 1 atom stereocenters. The van der Waals surface area contributed by atoms with Crippen molar-refractivity contribution in [2.45, 2.75) is 19.4 Å². The molecule has 0 spiro atoms. The predicted octanol–water partition coefficient (Wildman–Crippen LogP) is 0.536.